The molecule has 1 heterocycles. The summed E-state index contributed by atoms with van der Waals surface area (Å²) in [6.45, 7) is 6.23. The quantitative estimate of drug-likeness (QED) is 0.890. The van der Waals surface area contributed by atoms with Gasteiger partial charge >= 0.3 is 6.03 Å². The van der Waals surface area contributed by atoms with E-state index in [1.807, 2.05) is 0 Å². The first-order chi connectivity index (χ1) is 10.0. The minimum atomic E-state index is -0.618. The summed E-state index contributed by atoms with van der Waals surface area (Å²) in [5, 5.41) is 3.04. The molecule has 0 aliphatic carbocycles. The molecule has 7 heteroatoms. The predicted molar refractivity (Wildman–Crippen MR) is 82.7 cm³/mol. The number of carbonyl (C=O) groups is 2. The van der Waals surface area contributed by atoms with E-state index in [4.69, 9.17) is 17.3 Å². The van der Waals surface area contributed by atoms with Crippen LogP contribution in [0.2, 0.25) is 5.02 Å². The van der Waals surface area contributed by atoms with Crippen molar-refractivity contribution in [3.63, 3.8) is 0 Å². The van der Waals surface area contributed by atoms with Crippen molar-refractivity contribution in [1.82, 2.24) is 9.80 Å². The van der Waals surface area contributed by atoms with Gasteiger partial charge in [0.2, 0.25) is 5.91 Å². The van der Waals surface area contributed by atoms with Crippen LogP contribution in [0.1, 0.15) is 17.3 Å². The second kappa shape index (κ2) is 6.78. The molecule has 0 saturated carbocycles. The molecule has 1 aliphatic rings. The first-order valence-corrected chi connectivity index (χ1v) is 7.26. The molecule has 0 unspecified atom stereocenters. The maximum atomic E-state index is 12.2. The van der Waals surface area contributed by atoms with Gasteiger partial charge in [0.15, 0.2) is 0 Å². The number of carbonyl (C=O) groups excluding carboxylic acids is 2. The van der Waals surface area contributed by atoms with E-state index in [1.165, 1.54) is 6.07 Å². The Morgan fingerprint density at radius 2 is 1.95 bits per heavy atom. The van der Waals surface area contributed by atoms with E-state index < -0.39 is 5.91 Å². The summed E-state index contributed by atoms with van der Waals surface area (Å²) >= 11 is 5.88. The molecule has 6 nitrogen and oxygen atoms in total. The number of urea groups is 1. The molecule has 0 spiro atoms. The lowest BCUT2D eigenvalue weighted by Crippen LogP contribution is -2.49. The lowest BCUT2D eigenvalue weighted by molar-refractivity contribution is 0.100. The molecule has 1 saturated heterocycles. The molecule has 2 rings (SSSR count). The fourth-order valence-corrected chi connectivity index (χ4v) is 2.47. The van der Waals surface area contributed by atoms with Crippen LogP contribution >= 0.6 is 11.6 Å². The van der Waals surface area contributed by atoms with E-state index >= 15 is 0 Å². The van der Waals surface area contributed by atoms with Crippen LogP contribution in [-0.2, 0) is 0 Å². The third-order valence-electron chi connectivity index (χ3n) is 3.59. The lowest BCUT2D eigenvalue weighted by atomic mass is 10.2. The van der Waals surface area contributed by atoms with E-state index in [1.54, 1.807) is 17.0 Å². The number of halogens is 1. The average Bonchev–Trinajstić information content (AvgIpc) is 2.49. The van der Waals surface area contributed by atoms with Gasteiger partial charge in [-0.2, -0.15) is 0 Å². The first-order valence-electron chi connectivity index (χ1n) is 6.89. The Morgan fingerprint density at radius 1 is 1.29 bits per heavy atom. The topological polar surface area (TPSA) is 78.7 Å². The van der Waals surface area contributed by atoms with Gasteiger partial charge in [0.05, 0.1) is 10.6 Å². The van der Waals surface area contributed by atoms with E-state index in [9.17, 15) is 9.59 Å². The molecule has 0 radical (unpaired) electrons. The van der Waals surface area contributed by atoms with Crippen LogP contribution in [0.25, 0.3) is 0 Å². The van der Waals surface area contributed by atoms with E-state index in [0.717, 1.165) is 19.6 Å². The van der Waals surface area contributed by atoms with Crippen molar-refractivity contribution in [2.75, 3.05) is 38.0 Å². The Morgan fingerprint density at radius 3 is 2.52 bits per heavy atom. The molecular weight excluding hydrogens is 292 g/mol. The van der Waals surface area contributed by atoms with Crippen LogP contribution in [0.4, 0.5) is 10.5 Å². The second-order valence-corrected chi connectivity index (χ2v) is 5.32. The zero-order valence-corrected chi connectivity index (χ0v) is 12.7. The van der Waals surface area contributed by atoms with Gasteiger partial charge in [-0.25, -0.2) is 4.79 Å². The summed E-state index contributed by atoms with van der Waals surface area (Å²) in [7, 11) is 0. The molecule has 1 aromatic carbocycles. The largest absolute Gasteiger partial charge is 0.366 e. The number of hydrogen-bond acceptors (Lipinski definition) is 3. The van der Waals surface area contributed by atoms with Crippen LogP contribution in [0.5, 0.6) is 0 Å². The molecule has 1 aliphatic heterocycles. The Labute approximate surface area is 128 Å². The van der Waals surface area contributed by atoms with Crippen LogP contribution in [0.3, 0.4) is 0 Å². The number of hydrogen-bond donors (Lipinski definition) is 2. The van der Waals surface area contributed by atoms with Crippen molar-refractivity contribution in [2.24, 2.45) is 5.73 Å². The summed E-state index contributed by atoms with van der Waals surface area (Å²) in [6.07, 6.45) is 0. The third-order valence-corrected chi connectivity index (χ3v) is 3.92. The van der Waals surface area contributed by atoms with Gasteiger partial charge in [-0.05, 0) is 24.7 Å². The Balaban J connectivity index is 2.00. The van der Waals surface area contributed by atoms with E-state index in [0.29, 0.717) is 18.8 Å². The molecule has 3 N–H and O–H groups in total. The van der Waals surface area contributed by atoms with Gasteiger partial charge in [0.1, 0.15) is 0 Å². The molecule has 0 bridgehead atoms. The summed E-state index contributed by atoms with van der Waals surface area (Å²) in [6, 6.07) is 4.51. The standard InChI is InChI=1S/C14H19ClN4O2/c1-2-18-5-7-19(8-6-18)14(21)17-10-3-4-12(15)11(9-10)13(16)20/h3-4,9H,2,5-8H2,1H3,(H2,16,20)(H,17,21). The van der Waals surface area contributed by atoms with Crippen molar-refractivity contribution in [2.45, 2.75) is 6.92 Å². The van der Waals surface area contributed by atoms with Crippen molar-refractivity contribution in [1.29, 1.82) is 0 Å². The molecule has 21 heavy (non-hydrogen) atoms. The maximum Gasteiger partial charge on any atom is 0.321 e. The zero-order valence-electron chi connectivity index (χ0n) is 11.9. The van der Waals surface area contributed by atoms with Crippen molar-refractivity contribution in [3.8, 4) is 0 Å². The van der Waals surface area contributed by atoms with E-state index in [2.05, 4.69) is 17.1 Å². The third kappa shape index (κ3) is 3.86. The number of piperazine rings is 1. The van der Waals surface area contributed by atoms with Crippen LogP contribution in [0.15, 0.2) is 18.2 Å². The molecule has 1 aromatic rings. The number of nitrogens with one attached hydrogen (secondary N) is 1. The second-order valence-electron chi connectivity index (χ2n) is 4.91. The Hall–Kier alpha value is -1.79. The minimum Gasteiger partial charge on any atom is -0.366 e. The highest BCUT2D eigenvalue weighted by Gasteiger charge is 2.20. The molecule has 1 fully saturated rings. The lowest BCUT2D eigenvalue weighted by Gasteiger charge is -2.34. The van der Waals surface area contributed by atoms with Gasteiger partial charge in [0.25, 0.3) is 0 Å². The smallest absolute Gasteiger partial charge is 0.321 e. The van der Waals surface area contributed by atoms with Gasteiger partial charge in [-0.1, -0.05) is 18.5 Å². The van der Waals surface area contributed by atoms with Crippen molar-refractivity contribution in [3.05, 3.63) is 28.8 Å². The fourth-order valence-electron chi connectivity index (χ4n) is 2.26. The van der Waals surface area contributed by atoms with Crippen LogP contribution in [0, 0.1) is 0 Å². The molecule has 0 atom stereocenters. The number of rotatable bonds is 3. The van der Waals surface area contributed by atoms with Crippen LogP contribution < -0.4 is 11.1 Å². The molecule has 0 aromatic heterocycles. The average molecular weight is 311 g/mol. The highest BCUT2D eigenvalue weighted by Crippen LogP contribution is 2.20. The molecule has 3 amide bonds. The maximum absolute atomic E-state index is 12.2. The Kier molecular flexibility index (Phi) is 5.03. The Bertz CT molecular complexity index is 542. The highest BCUT2D eigenvalue weighted by atomic mass is 35.5. The number of primary amides is 1. The molecule has 114 valence electrons. The summed E-state index contributed by atoms with van der Waals surface area (Å²) < 4.78 is 0. The van der Waals surface area contributed by atoms with Crippen molar-refractivity contribution < 1.29 is 9.59 Å². The van der Waals surface area contributed by atoms with Crippen LogP contribution in [-0.4, -0.2) is 54.5 Å². The van der Waals surface area contributed by atoms with Gasteiger partial charge in [0, 0.05) is 31.9 Å². The predicted octanol–water partition coefficient (Wildman–Crippen LogP) is 1.61. The number of likely N-dealkylation sites (N-methyl/N-ethyl adjacent to an activating group) is 1. The number of nitrogens with zero attached hydrogens (tertiary/aromatic N) is 2. The SMILES string of the molecule is CCN1CCN(C(=O)Nc2ccc(Cl)c(C(N)=O)c2)CC1. The van der Waals surface area contributed by atoms with Gasteiger partial charge < -0.3 is 20.9 Å². The normalized spacial score (nSPS) is 15.8. The molecular formula is C14H19ClN4O2. The highest BCUT2D eigenvalue weighted by molar-refractivity contribution is 6.33. The fraction of sp³-hybridized carbons (Fsp3) is 0.429. The van der Waals surface area contributed by atoms with Gasteiger partial charge in [-0.15, -0.1) is 0 Å². The minimum absolute atomic E-state index is 0.177. The number of amides is 3. The zero-order chi connectivity index (χ0) is 15.4. The number of anilines is 1. The number of nitrogens with two attached hydrogens (primary N) is 1. The first kappa shape index (κ1) is 15.6. The summed E-state index contributed by atoms with van der Waals surface area (Å²) in [4.78, 5) is 27.5. The van der Waals surface area contributed by atoms with E-state index in [-0.39, 0.29) is 16.6 Å². The summed E-state index contributed by atoms with van der Waals surface area (Å²) in [5.41, 5.74) is 5.95. The summed E-state index contributed by atoms with van der Waals surface area (Å²) in [5.74, 6) is -0.618. The van der Waals surface area contributed by atoms with Gasteiger partial charge in [-0.3, -0.25) is 4.79 Å². The van der Waals surface area contributed by atoms with Crippen molar-refractivity contribution >= 4 is 29.2 Å². The monoisotopic (exact) mass is 310 g/mol. The number of benzene rings is 1.